The Kier molecular flexibility index (Phi) is 5.16. The third kappa shape index (κ3) is 4.57. The predicted molar refractivity (Wildman–Crippen MR) is 72.1 cm³/mol. The van der Waals surface area contributed by atoms with E-state index < -0.39 is 15.3 Å². The van der Waals surface area contributed by atoms with Crippen LogP contribution in [0.15, 0.2) is 0 Å². The van der Waals surface area contributed by atoms with E-state index in [0.717, 1.165) is 25.9 Å². The molecule has 1 unspecified atom stereocenters. The van der Waals surface area contributed by atoms with Gasteiger partial charge >= 0.3 is 0 Å². The second-order valence-electron chi connectivity index (χ2n) is 5.65. The Bertz CT molecular complexity index is 384. The fourth-order valence-corrected chi connectivity index (χ4v) is 2.70. The molecule has 0 radical (unpaired) electrons. The van der Waals surface area contributed by atoms with Crippen LogP contribution in [-0.2, 0) is 14.6 Å². The molecule has 18 heavy (non-hydrogen) atoms. The number of piperidine rings is 1. The first kappa shape index (κ1) is 15.4. The Labute approximate surface area is 110 Å². The van der Waals surface area contributed by atoms with Crippen LogP contribution in [0, 0.1) is 11.3 Å². The molecule has 106 valence electrons. The number of nitrogens with one attached hydrogen (secondary N) is 2. The van der Waals surface area contributed by atoms with E-state index in [1.165, 1.54) is 6.26 Å². The van der Waals surface area contributed by atoms with Gasteiger partial charge in [0.1, 0.15) is 9.84 Å². The summed E-state index contributed by atoms with van der Waals surface area (Å²) in [5.74, 6) is 0.252. The van der Waals surface area contributed by atoms with Crippen molar-refractivity contribution in [3.8, 4) is 0 Å². The molecule has 1 rings (SSSR count). The summed E-state index contributed by atoms with van der Waals surface area (Å²) < 4.78 is 22.0. The number of hydrogen-bond donors (Lipinski definition) is 2. The average Bonchev–Trinajstić information content (AvgIpc) is 2.28. The zero-order valence-electron chi connectivity index (χ0n) is 11.5. The highest BCUT2D eigenvalue weighted by Gasteiger charge is 2.36. The average molecular weight is 276 g/mol. The molecule has 0 aliphatic carbocycles. The summed E-state index contributed by atoms with van der Waals surface area (Å²) >= 11 is 0. The maximum Gasteiger partial charge on any atom is 0.226 e. The Hall–Kier alpha value is -0.620. The molecular formula is C12H24N2O3S. The highest BCUT2D eigenvalue weighted by molar-refractivity contribution is 7.90. The molecule has 0 saturated carbocycles. The lowest BCUT2D eigenvalue weighted by Crippen LogP contribution is -2.48. The lowest BCUT2D eigenvalue weighted by Gasteiger charge is -2.36. The van der Waals surface area contributed by atoms with Crippen LogP contribution in [0.3, 0.4) is 0 Å². The van der Waals surface area contributed by atoms with Crippen LogP contribution >= 0.6 is 0 Å². The molecule has 5 nitrogen and oxygen atoms in total. The second kappa shape index (κ2) is 6.02. The van der Waals surface area contributed by atoms with Crippen LogP contribution in [0.2, 0.25) is 0 Å². The summed E-state index contributed by atoms with van der Waals surface area (Å²) in [6.45, 7) is 5.93. The normalized spacial score (nSPS) is 21.6. The minimum atomic E-state index is -3.02. The minimum absolute atomic E-state index is 0.00225. The summed E-state index contributed by atoms with van der Waals surface area (Å²) in [5, 5.41) is 6.03. The quantitative estimate of drug-likeness (QED) is 0.751. The molecule has 1 aliphatic heterocycles. The van der Waals surface area contributed by atoms with Crippen LogP contribution < -0.4 is 10.6 Å². The van der Waals surface area contributed by atoms with E-state index >= 15 is 0 Å². The van der Waals surface area contributed by atoms with E-state index in [2.05, 4.69) is 10.6 Å². The number of hydrogen-bond acceptors (Lipinski definition) is 4. The van der Waals surface area contributed by atoms with Crippen molar-refractivity contribution in [3.05, 3.63) is 0 Å². The summed E-state index contributed by atoms with van der Waals surface area (Å²) in [4.78, 5) is 12.1. The lowest BCUT2D eigenvalue weighted by atomic mass is 9.74. The predicted octanol–water partition coefficient (Wildman–Crippen LogP) is 0.173. The molecule has 1 saturated heterocycles. The molecule has 0 bridgehead atoms. The van der Waals surface area contributed by atoms with E-state index in [-0.39, 0.29) is 18.2 Å². The van der Waals surface area contributed by atoms with Crippen molar-refractivity contribution in [3.63, 3.8) is 0 Å². The van der Waals surface area contributed by atoms with Crippen molar-refractivity contribution >= 4 is 15.7 Å². The number of rotatable bonds is 5. The number of amides is 1. The number of carbonyl (C=O) groups excluding carboxylic acids is 1. The van der Waals surface area contributed by atoms with Crippen molar-refractivity contribution in [2.45, 2.75) is 26.7 Å². The van der Waals surface area contributed by atoms with E-state index in [4.69, 9.17) is 0 Å². The first-order valence-corrected chi connectivity index (χ1v) is 8.46. The smallest absolute Gasteiger partial charge is 0.226 e. The molecule has 2 N–H and O–H groups in total. The molecule has 1 amide bonds. The van der Waals surface area contributed by atoms with E-state index in [1.54, 1.807) is 0 Å². The summed E-state index contributed by atoms with van der Waals surface area (Å²) in [6, 6.07) is 0. The second-order valence-corrected chi connectivity index (χ2v) is 7.91. The standard InChI is InChI=1S/C12H24N2O3S/c1-12(2,10-5-4-6-13-9-10)11(15)14-7-8-18(3,16)17/h10,13H,4-9H2,1-3H3,(H,14,15). The molecule has 0 aromatic rings. The molecular weight excluding hydrogens is 252 g/mol. The Balaban J connectivity index is 2.48. The van der Waals surface area contributed by atoms with Gasteiger partial charge in [-0.25, -0.2) is 8.42 Å². The van der Waals surface area contributed by atoms with Crippen LogP contribution in [0.4, 0.5) is 0 Å². The van der Waals surface area contributed by atoms with Gasteiger partial charge in [-0.2, -0.15) is 0 Å². The largest absolute Gasteiger partial charge is 0.355 e. The molecule has 6 heteroatoms. The van der Waals surface area contributed by atoms with Gasteiger partial charge in [0.25, 0.3) is 0 Å². The maximum atomic E-state index is 12.1. The van der Waals surface area contributed by atoms with E-state index in [1.807, 2.05) is 13.8 Å². The van der Waals surface area contributed by atoms with E-state index in [0.29, 0.717) is 5.92 Å². The fourth-order valence-electron chi connectivity index (χ4n) is 2.23. The number of sulfone groups is 1. The Morgan fingerprint density at radius 3 is 2.61 bits per heavy atom. The zero-order chi connectivity index (χ0) is 13.8. The lowest BCUT2D eigenvalue weighted by molar-refractivity contribution is -0.132. The van der Waals surface area contributed by atoms with Crippen molar-refractivity contribution in [2.75, 3.05) is 31.6 Å². The third-order valence-electron chi connectivity index (χ3n) is 3.66. The van der Waals surface area contributed by atoms with Gasteiger partial charge in [-0.15, -0.1) is 0 Å². The van der Waals surface area contributed by atoms with Gasteiger partial charge in [0.2, 0.25) is 5.91 Å². The van der Waals surface area contributed by atoms with Crippen LogP contribution in [-0.4, -0.2) is 46.0 Å². The number of carbonyl (C=O) groups is 1. The Morgan fingerprint density at radius 2 is 2.11 bits per heavy atom. The molecule has 1 atom stereocenters. The van der Waals surface area contributed by atoms with Gasteiger partial charge in [-0.05, 0) is 31.8 Å². The van der Waals surface area contributed by atoms with Gasteiger partial charge in [0.05, 0.1) is 5.75 Å². The van der Waals surface area contributed by atoms with Gasteiger partial charge in [-0.1, -0.05) is 13.8 Å². The molecule has 0 aromatic heterocycles. The van der Waals surface area contributed by atoms with Crippen molar-refractivity contribution in [1.29, 1.82) is 0 Å². The van der Waals surface area contributed by atoms with Crippen molar-refractivity contribution < 1.29 is 13.2 Å². The molecule has 1 fully saturated rings. The molecule has 0 spiro atoms. The van der Waals surface area contributed by atoms with E-state index in [9.17, 15) is 13.2 Å². The van der Waals surface area contributed by atoms with Crippen molar-refractivity contribution in [2.24, 2.45) is 11.3 Å². The topological polar surface area (TPSA) is 75.3 Å². The van der Waals surface area contributed by atoms with Gasteiger partial charge < -0.3 is 10.6 Å². The van der Waals surface area contributed by atoms with Crippen LogP contribution in [0.5, 0.6) is 0 Å². The minimum Gasteiger partial charge on any atom is -0.355 e. The SMILES string of the molecule is CC(C)(C(=O)NCCS(C)(=O)=O)C1CCCNC1. The van der Waals surface area contributed by atoms with Gasteiger partial charge in [0, 0.05) is 18.2 Å². The molecule has 1 heterocycles. The highest BCUT2D eigenvalue weighted by Crippen LogP contribution is 2.31. The Morgan fingerprint density at radius 1 is 1.44 bits per heavy atom. The summed E-state index contributed by atoms with van der Waals surface area (Å²) in [6.07, 6.45) is 3.31. The van der Waals surface area contributed by atoms with Gasteiger partial charge in [0.15, 0.2) is 0 Å². The third-order valence-corrected chi connectivity index (χ3v) is 4.61. The van der Waals surface area contributed by atoms with Crippen molar-refractivity contribution in [1.82, 2.24) is 10.6 Å². The first-order chi connectivity index (χ1) is 8.23. The van der Waals surface area contributed by atoms with Crippen LogP contribution in [0.25, 0.3) is 0 Å². The molecule has 1 aliphatic rings. The first-order valence-electron chi connectivity index (χ1n) is 6.40. The summed E-state index contributed by atoms with van der Waals surface area (Å²) in [5.41, 5.74) is -0.453. The van der Waals surface area contributed by atoms with Crippen LogP contribution in [0.1, 0.15) is 26.7 Å². The fraction of sp³-hybridized carbons (Fsp3) is 0.917. The molecule has 0 aromatic carbocycles. The monoisotopic (exact) mass is 276 g/mol. The van der Waals surface area contributed by atoms with Gasteiger partial charge in [-0.3, -0.25) is 4.79 Å². The highest BCUT2D eigenvalue weighted by atomic mass is 32.2. The summed E-state index contributed by atoms with van der Waals surface area (Å²) in [7, 11) is -3.02. The maximum absolute atomic E-state index is 12.1. The zero-order valence-corrected chi connectivity index (χ0v) is 12.3.